The van der Waals surface area contributed by atoms with Crippen LogP contribution in [0.1, 0.15) is 5.56 Å². The van der Waals surface area contributed by atoms with Crippen molar-refractivity contribution in [2.45, 2.75) is 6.92 Å². The first-order valence-corrected chi connectivity index (χ1v) is 3.17. The van der Waals surface area contributed by atoms with Crippen molar-refractivity contribution in [1.82, 2.24) is 0 Å². The predicted octanol–water partition coefficient (Wildman–Crippen LogP) is 0.606. The molecule has 0 spiro atoms. The van der Waals surface area contributed by atoms with Crippen molar-refractivity contribution < 1.29 is 14.8 Å². The molecule has 0 saturated heterocycles. The van der Waals surface area contributed by atoms with E-state index in [-0.39, 0.29) is 11.5 Å². The highest BCUT2D eigenvalue weighted by Crippen LogP contribution is 2.28. The Labute approximate surface area is 65.6 Å². The van der Waals surface area contributed by atoms with Gasteiger partial charge in [0.25, 0.3) is 0 Å². The van der Waals surface area contributed by atoms with E-state index in [9.17, 15) is 0 Å². The maximum atomic E-state index is 9.17. The maximum absolute atomic E-state index is 9.17. The molecule has 57 valence electrons. The Hall–Kier alpha value is -1.16. The van der Waals surface area contributed by atoms with Crippen molar-refractivity contribution in [1.29, 1.82) is 0 Å². The van der Waals surface area contributed by atoms with Gasteiger partial charge in [-0.05, 0) is 18.6 Å². The Kier molecular flexibility index (Phi) is 2.38. The van der Waals surface area contributed by atoms with E-state index in [1.807, 2.05) is 0 Å². The van der Waals surface area contributed by atoms with Gasteiger partial charge in [0.2, 0.25) is 0 Å². The summed E-state index contributed by atoms with van der Waals surface area (Å²) in [5, 5.41) is 17.5. The van der Waals surface area contributed by atoms with Gasteiger partial charge in [-0.15, -0.1) is 0 Å². The van der Waals surface area contributed by atoms with Gasteiger partial charge in [0.05, 0.1) is 0 Å². The van der Waals surface area contributed by atoms with Gasteiger partial charge in [-0.25, -0.2) is 0 Å². The average molecular weight is 151 g/mol. The van der Waals surface area contributed by atoms with Crippen LogP contribution in [0.4, 0.5) is 0 Å². The van der Waals surface area contributed by atoms with Crippen LogP contribution in [0.5, 0.6) is 11.5 Å². The Bertz CT molecular complexity index is 229. The highest BCUT2D eigenvalue weighted by atomic mass is 16.5. The molecule has 0 fully saturated rings. The van der Waals surface area contributed by atoms with Gasteiger partial charge in [0.1, 0.15) is 5.75 Å². The molecule has 3 nitrogen and oxygen atoms in total. The minimum Gasteiger partial charge on any atom is -0.535 e. The number of benzene rings is 1. The molecule has 0 heterocycles. The minimum atomic E-state index is 0.0234. The first kappa shape index (κ1) is 7.95. The lowest BCUT2D eigenvalue weighted by atomic mass is 10.2. The van der Waals surface area contributed by atoms with Crippen LogP contribution in [0.25, 0.3) is 0 Å². The molecule has 0 aliphatic rings. The smallest absolute Gasteiger partial charge is 0.535 e. The molecule has 0 aromatic heterocycles. The lowest BCUT2D eigenvalue weighted by Crippen LogP contribution is -2.01. The summed E-state index contributed by atoms with van der Waals surface area (Å²) in [6, 6.07) is 4.97. The van der Waals surface area contributed by atoms with Crippen LogP contribution in [0.3, 0.4) is 0 Å². The molecule has 1 aromatic carbocycles. The second-order valence-electron chi connectivity index (χ2n) is 2.15. The first-order valence-electron chi connectivity index (χ1n) is 3.17. The monoisotopic (exact) mass is 151 g/mol. The van der Waals surface area contributed by atoms with Crippen LogP contribution in [0, 0.1) is 6.92 Å². The van der Waals surface area contributed by atoms with Gasteiger partial charge < -0.3 is 14.8 Å². The molecule has 1 radical (unpaired) electrons. The molecule has 0 saturated carbocycles. The van der Waals surface area contributed by atoms with Gasteiger partial charge >= 0.3 is 7.69 Å². The molecule has 0 amide bonds. The Morgan fingerprint density at radius 1 is 1.45 bits per heavy atom. The second-order valence-corrected chi connectivity index (χ2v) is 2.15. The standard InChI is InChI=1S/C7H8BO3/c1-5-3-2-4-6(9)7(5)11-8-10/h2-4,9-10H,1H3. The fraction of sp³-hybridized carbons (Fsp3) is 0.143. The zero-order valence-corrected chi connectivity index (χ0v) is 6.11. The highest BCUT2D eigenvalue weighted by molar-refractivity contribution is 6.17. The van der Waals surface area contributed by atoms with Gasteiger partial charge in [-0.1, -0.05) is 12.1 Å². The van der Waals surface area contributed by atoms with Crippen molar-refractivity contribution in [3.8, 4) is 11.5 Å². The van der Waals surface area contributed by atoms with Gasteiger partial charge in [0, 0.05) is 0 Å². The van der Waals surface area contributed by atoms with E-state index < -0.39 is 0 Å². The molecule has 2 N–H and O–H groups in total. The van der Waals surface area contributed by atoms with E-state index in [0.29, 0.717) is 7.69 Å². The third kappa shape index (κ3) is 1.65. The number of rotatable bonds is 2. The quantitative estimate of drug-likeness (QED) is 0.608. The number of hydrogen-bond acceptors (Lipinski definition) is 3. The summed E-state index contributed by atoms with van der Waals surface area (Å²) in [7, 11) is 0.544. The molecule has 0 unspecified atom stereocenters. The van der Waals surface area contributed by atoms with Crippen LogP contribution >= 0.6 is 0 Å². The lowest BCUT2D eigenvalue weighted by molar-refractivity contribution is 0.408. The van der Waals surface area contributed by atoms with Crippen molar-refractivity contribution in [2.24, 2.45) is 0 Å². The third-order valence-electron chi connectivity index (χ3n) is 1.36. The fourth-order valence-electron chi connectivity index (χ4n) is 0.843. The molecule has 4 heteroatoms. The summed E-state index contributed by atoms with van der Waals surface area (Å²) < 4.78 is 4.65. The maximum Gasteiger partial charge on any atom is 0.569 e. The number of aryl methyl sites for hydroxylation is 1. The molecular weight excluding hydrogens is 143 g/mol. The molecule has 1 rings (SSSR count). The summed E-state index contributed by atoms with van der Waals surface area (Å²) in [5.41, 5.74) is 0.773. The molecule has 1 aromatic rings. The van der Waals surface area contributed by atoms with Crippen molar-refractivity contribution in [2.75, 3.05) is 0 Å². The summed E-state index contributed by atoms with van der Waals surface area (Å²) >= 11 is 0. The minimum absolute atomic E-state index is 0.0234. The number of hydrogen-bond donors (Lipinski definition) is 2. The molecule has 0 bridgehead atoms. The molecule has 11 heavy (non-hydrogen) atoms. The van der Waals surface area contributed by atoms with Crippen LogP contribution in [-0.4, -0.2) is 17.8 Å². The van der Waals surface area contributed by atoms with E-state index in [0.717, 1.165) is 5.56 Å². The van der Waals surface area contributed by atoms with Crippen LogP contribution in [-0.2, 0) is 0 Å². The van der Waals surface area contributed by atoms with Crippen LogP contribution < -0.4 is 4.65 Å². The number of aromatic hydroxyl groups is 1. The molecule has 0 aliphatic carbocycles. The number of para-hydroxylation sites is 1. The topological polar surface area (TPSA) is 49.7 Å². The molecule has 0 aliphatic heterocycles. The molecule has 0 atom stereocenters. The lowest BCUT2D eigenvalue weighted by Gasteiger charge is -2.06. The van der Waals surface area contributed by atoms with E-state index in [4.69, 9.17) is 10.1 Å². The molecular formula is C7H8BO3. The predicted molar refractivity (Wildman–Crippen MR) is 41.4 cm³/mol. The summed E-state index contributed by atoms with van der Waals surface area (Å²) in [6.45, 7) is 1.78. The zero-order valence-electron chi connectivity index (χ0n) is 6.11. The first-order chi connectivity index (χ1) is 5.25. The van der Waals surface area contributed by atoms with E-state index in [1.54, 1.807) is 19.1 Å². The third-order valence-corrected chi connectivity index (χ3v) is 1.36. The zero-order chi connectivity index (χ0) is 8.27. The fourth-order valence-corrected chi connectivity index (χ4v) is 0.843. The second kappa shape index (κ2) is 3.30. The van der Waals surface area contributed by atoms with Crippen LogP contribution in [0.15, 0.2) is 18.2 Å². The van der Waals surface area contributed by atoms with Crippen molar-refractivity contribution in [3.63, 3.8) is 0 Å². The van der Waals surface area contributed by atoms with E-state index in [2.05, 4.69) is 4.65 Å². The van der Waals surface area contributed by atoms with Crippen molar-refractivity contribution in [3.05, 3.63) is 23.8 Å². The largest absolute Gasteiger partial charge is 0.569 e. The van der Waals surface area contributed by atoms with E-state index >= 15 is 0 Å². The van der Waals surface area contributed by atoms with Gasteiger partial charge in [-0.2, -0.15) is 0 Å². The number of phenols is 1. The summed E-state index contributed by atoms with van der Waals surface area (Å²) in [6.07, 6.45) is 0. The average Bonchev–Trinajstić information content (AvgIpc) is 1.97. The Balaban J connectivity index is 3.00. The van der Waals surface area contributed by atoms with E-state index in [1.165, 1.54) is 6.07 Å². The SMILES string of the molecule is Cc1cccc(O)c1O[B]O. The Morgan fingerprint density at radius 3 is 2.73 bits per heavy atom. The van der Waals surface area contributed by atoms with Gasteiger partial charge in [-0.3, -0.25) is 0 Å². The van der Waals surface area contributed by atoms with Gasteiger partial charge in [0.15, 0.2) is 5.75 Å². The summed E-state index contributed by atoms with van der Waals surface area (Å²) in [5.74, 6) is 0.310. The summed E-state index contributed by atoms with van der Waals surface area (Å²) in [4.78, 5) is 0. The highest BCUT2D eigenvalue weighted by Gasteiger charge is 2.04. The Morgan fingerprint density at radius 2 is 2.18 bits per heavy atom. The normalized spacial score (nSPS) is 9.27. The number of phenolic OH excluding ortho intramolecular Hbond substituents is 1. The van der Waals surface area contributed by atoms with Crippen LogP contribution in [0.2, 0.25) is 0 Å². The van der Waals surface area contributed by atoms with Crippen molar-refractivity contribution >= 4 is 7.69 Å².